The predicted molar refractivity (Wildman–Crippen MR) is 110 cm³/mol. The Balaban J connectivity index is 1.87. The van der Waals surface area contributed by atoms with Gasteiger partial charge in [-0.1, -0.05) is 39.3 Å². The standard InChI is InChI=1S/C23H29ClO6/c1-11-7-16-15-8-12(2)23(30,18(27)19(28)29)21(15,4)10-17(26)22(16,24)20(3)6-5-13(25)9-14(11)20/h5-6,9,11-12,15-17,26,30H,7-8,10H2,1-4H3,(H,28,29)/t11?,12?,15-,16-,17?,20-,21-,22-,23-/m0/s1. The first-order valence-electron chi connectivity index (χ1n) is 10.6. The molecule has 4 rings (SSSR count). The Hall–Kier alpha value is -1.50. The summed E-state index contributed by atoms with van der Waals surface area (Å²) in [6.07, 6.45) is 4.85. The molecule has 3 saturated carbocycles. The minimum Gasteiger partial charge on any atom is -0.475 e. The van der Waals surface area contributed by atoms with E-state index in [0.717, 1.165) is 5.57 Å². The third kappa shape index (κ3) is 2.25. The van der Waals surface area contributed by atoms with Crippen molar-refractivity contribution in [1.29, 1.82) is 0 Å². The molecule has 4 aliphatic carbocycles. The Kier molecular flexibility index (Phi) is 4.54. The number of carbonyl (C=O) groups excluding carboxylic acids is 2. The molecule has 30 heavy (non-hydrogen) atoms. The van der Waals surface area contributed by atoms with Gasteiger partial charge < -0.3 is 15.3 Å². The molecule has 4 aliphatic rings. The molecule has 3 fully saturated rings. The van der Waals surface area contributed by atoms with Crippen LogP contribution in [0.15, 0.2) is 23.8 Å². The lowest BCUT2D eigenvalue weighted by atomic mass is 9.44. The molecule has 0 aromatic carbocycles. The second-order valence-electron chi connectivity index (χ2n) is 10.3. The lowest BCUT2D eigenvalue weighted by Gasteiger charge is -2.64. The number of carboxylic acids is 1. The van der Waals surface area contributed by atoms with Crippen LogP contribution in [-0.4, -0.2) is 49.4 Å². The summed E-state index contributed by atoms with van der Waals surface area (Å²) in [6.45, 7) is 7.39. The van der Waals surface area contributed by atoms with Crippen molar-refractivity contribution in [1.82, 2.24) is 0 Å². The van der Waals surface area contributed by atoms with Crippen LogP contribution in [0.5, 0.6) is 0 Å². The maximum absolute atomic E-state index is 12.7. The first-order chi connectivity index (χ1) is 13.7. The largest absolute Gasteiger partial charge is 0.475 e. The lowest BCUT2D eigenvalue weighted by Crippen LogP contribution is -2.70. The van der Waals surface area contributed by atoms with Crippen molar-refractivity contribution in [2.45, 2.75) is 63.5 Å². The van der Waals surface area contributed by atoms with E-state index in [1.165, 1.54) is 6.08 Å². The topological polar surface area (TPSA) is 112 Å². The molecule has 0 saturated heterocycles. The quantitative estimate of drug-likeness (QED) is 0.453. The minimum atomic E-state index is -2.07. The molecule has 0 amide bonds. The number of aliphatic hydroxyl groups is 2. The van der Waals surface area contributed by atoms with Gasteiger partial charge in [-0.15, -0.1) is 11.6 Å². The van der Waals surface area contributed by atoms with Crippen molar-refractivity contribution in [2.24, 2.45) is 34.5 Å². The van der Waals surface area contributed by atoms with Gasteiger partial charge in [-0.2, -0.15) is 0 Å². The normalized spacial score (nSPS) is 52.2. The van der Waals surface area contributed by atoms with Gasteiger partial charge in [0, 0.05) is 10.8 Å². The highest BCUT2D eigenvalue weighted by atomic mass is 35.5. The fourth-order valence-electron chi connectivity index (χ4n) is 7.58. The zero-order valence-electron chi connectivity index (χ0n) is 17.7. The van der Waals surface area contributed by atoms with E-state index in [0.29, 0.717) is 12.8 Å². The molecule has 0 bridgehead atoms. The molecular weight excluding hydrogens is 408 g/mol. The molecule has 0 aromatic rings. The maximum Gasteiger partial charge on any atom is 0.375 e. The molecule has 0 heterocycles. The van der Waals surface area contributed by atoms with E-state index in [1.54, 1.807) is 26.0 Å². The molecule has 6 nitrogen and oxygen atoms in total. The van der Waals surface area contributed by atoms with Crippen LogP contribution < -0.4 is 0 Å². The van der Waals surface area contributed by atoms with Crippen LogP contribution in [0.25, 0.3) is 0 Å². The van der Waals surface area contributed by atoms with E-state index >= 15 is 0 Å². The van der Waals surface area contributed by atoms with Crippen LogP contribution in [-0.2, 0) is 14.4 Å². The van der Waals surface area contributed by atoms with E-state index < -0.39 is 45.1 Å². The zero-order valence-corrected chi connectivity index (χ0v) is 18.4. The molecule has 3 unspecified atom stereocenters. The highest BCUT2D eigenvalue weighted by molar-refractivity contribution is 6.36. The van der Waals surface area contributed by atoms with Gasteiger partial charge in [0.05, 0.1) is 11.0 Å². The van der Waals surface area contributed by atoms with Gasteiger partial charge >= 0.3 is 5.97 Å². The van der Waals surface area contributed by atoms with Crippen LogP contribution in [0.4, 0.5) is 0 Å². The summed E-state index contributed by atoms with van der Waals surface area (Å²) in [4.78, 5) is 35.1. The Morgan fingerprint density at radius 1 is 1.17 bits per heavy atom. The number of allylic oxidation sites excluding steroid dienone is 4. The second-order valence-corrected chi connectivity index (χ2v) is 11.0. The highest BCUT2D eigenvalue weighted by Gasteiger charge is 2.75. The summed E-state index contributed by atoms with van der Waals surface area (Å²) >= 11 is 7.33. The number of aliphatic hydroxyl groups excluding tert-OH is 1. The van der Waals surface area contributed by atoms with Crippen LogP contribution in [0.3, 0.4) is 0 Å². The van der Waals surface area contributed by atoms with Gasteiger partial charge in [0.1, 0.15) is 5.60 Å². The molecule has 9 atom stereocenters. The lowest BCUT2D eigenvalue weighted by molar-refractivity contribution is -0.185. The van der Waals surface area contributed by atoms with Crippen LogP contribution in [0, 0.1) is 34.5 Å². The van der Waals surface area contributed by atoms with Crippen LogP contribution in [0.2, 0.25) is 0 Å². The molecule has 0 aliphatic heterocycles. The number of aliphatic carboxylic acids is 1. The monoisotopic (exact) mass is 436 g/mol. The van der Waals surface area contributed by atoms with Gasteiger partial charge in [0.25, 0.3) is 5.78 Å². The third-order valence-electron chi connectivity index (χ3n) is 9.09. The second kappa shape index (κ2) is 6.27. The Morgan fingerprint density at radius 2 is 1.80 bits per heavy atom. The van der Waals surface area contributed by atoms with Crippen LogP contribution >= 0.6 is 11.6 Å². The average molecular weight is 437 g/mol. The van der Waals surface area contributed by atoms with Crippen molar-refractivity contribution < 1.29 is 29.7 Å². The number of rotatable bonds is 2. The number of hydrogen-bond acceptors (Lipinski definition) is 5. The van der Waals surface area contributed by atoms with Crippen LogP contribution in [0.1, 0.15) is 47.0 Å². The SMILES string of the molecule is CC1C[C@H]2[C@@H]3CC(C)[C@](O)(C(=O)C(=O)O)[C@@]3(C)CC(O)[C@]2(Cl)[C@@]2(C)C=CC(=O)C=C12. The summed E-state index contributed by atoms with van der Waals surface area (Å²) < 4.78 is 0. The number of carboxylic acid groups (broad SMARTS) is 1. The number of hydrogen-bond donors (Lipinski definition) is 3. The smallest absolute Gasteiger partial charge is 0.375 e. The molecular formula is C23H29ClO6. The molecule has 0 radical (unpaired) electrons. The number of halogens is 1. The van der Waals surface area contributed by atoms with Crippen molar-refractivity contribution in [3.63, 3.8) is 0 Å². The van der Waals surface area contributed by atoms with E-state index in [4.69, 9.17) is 11.6 Å². The number of Topliss-reactive ketones (excluding diaryl/α,β-unsaturated/α-hetero) is 1. The summed E-state index contributed by atoms with van der Waals surface area (Å²) in [5.41, 5.74) is -3.05. The molecule has 7 heteroatoms. The Bertz CT molecular complexity index is 909. The van der Waals surface area contributed by atoms with E-state index in [-0.39, 0.29) is 30.0 Å². The van der Waals surface area contributed by atoms with Gasteiger partial charge in [-0.05, 0) is 55.1 Å². The van der Waals surface area contributed by atoms with Gasteiger partial charge in [0.15, 0.2) is 5.78 Å². The van der Waals surface area contributed by atoms with Crippen molar-refractivity contribution in [2.75, 3.05) is 0 Å². The fourth-order valence-corrected chi connectivity index (χ4v) is 8.07. The summed E-state index contributed by atoms with van der Waals surface area (Å²) in [5.74, 6) is -4.03. The van der Waals surface area contributed by atoms with Gasteiger partial charge in [-0.3, -0.25) is 9.59 Å². The first kappa shape index (κ1) is 21.7. The average Bonchev–Trinajstić information content (AvgIpc) is 2.86. The summed E-state index contributed by atoms with van der Waals surface area (Å²) in [7, 11) is 0. The number of ketones is 2. The third-order valence-corrected chi connectivity index (χ3v) is 10.0. The molecule has 0 aromatic heterocycles. The van der Waals surface area contributed by atoms with Gasteiger partial charge in [0.2, 0.25) is 0 Å². The Labute approximate surface area is 181 Å². The summed E-state index contributed by atoms with van der Waals surface area (Å²) in [5, 5.41) is 32.3. The predicted octanol–water partition coefficient (Wildman–Crippen LogP) is 2.50. The number of fused-ring (bicyclic) bond motifs is 5. The van der Waals surface area contributed by atoms with Crippen molar-refractivity contribution in [3.05, 3.63) is 23.8 Å². The Morgan fingerprint density at radius 3 is 2.40 bits per heavy atom. The number of alkyl halides is 1. The minimum absolute atomic E-state index is 0.0105. The summed E-state index contributed by atoms with van der Waals surface area (Å²) in [6, 6.07) is 0. The first-order valence-corrected chi connectivity index (χ1v) is 10.9. The molecule has 0 spiro atoms. The van der Waals surface area contributed by atoms with E-state index in [1.807, 2.05) is 13.8 Å². The molecule has 3 N–H and O–H groups in total. The van der Waals surface area contributed by atoms with Crippen molar-refractivity contribution >= 4 is 29.1 Å². The highest BCUT2D eigenvalue weighted by Crippen LogP contribution is 2.72. The van der Waals surface area contributed by atoms with E-state index in [2.05, 4.69) is 0 Å². The zero-order chi connectivity index (χ0) is 22.4. The van der Waals surface area contributed by atoms with Crippen molar-refractivity contribution in [3.8, 4) is 0 Å². The fraction of sp³-hybridized carbons (Fsp3) is 0.696. The van der Waals surface area contributed by atoms with Gasteiger partial charge in [-0.25, -0.2) is 4.79 Å². The maximum atomic E-state index is 12.7. The number of carbonyl (C=O) groups is 3. The molecule has 164 valence electrons. The van der Waals surface area contributed by atoms with E-state index in [9.17, 15) is 29.7 Å².